The Morgan fingerprint density at radius 1 is 1.83 bits per heavy atom. The van der Waals surface area contributed by atoms with Crippen molar-refractivity contribution in [2.24, 2.45) is 5.92 Å². The SMILES string of the molecule is C=C(C)CC(O)C1C=CC=C1Br. The van der Waals surface area contributed by atoms with Crippen molar-refractivity contribution < 1.29 is 5.11 Å². The van der Waals surface area contributed by atoms with Crippen molar-refractivity contribution in [3.63, 3.8) is 0 Å². The van der Waals surface area contributed by atoms with Crippen molar-refractivity contribution in [1.82, 2.24) is 0 Å². The van der Waals surface area contributed by atoms with Crippen LogP contribution in [0.15, 0.2) is 34.9 Å². The summed E-state index contributed by atoms with van der Waals surface area (Å²) in [6.07, 6.45) is 6.24. The first kappa shape index (κ1) is 9.75. The Balaban J connectivity index is 2.53. The number of hydrogen-bond acceptors (Lipinski definition) is 1. The minimum Gasteiger partial charge on any atom is -0.392 e. The van der Waals surface area contributed by atoms with E-state index in [0.29, 0.717) is 6.42 Å². The predicted octanol–water partition coefficient (Wildman–Crippen LogP) is 2.78. The zero-order valence-electron chi connectivity index (χ0n) is 7.13. The summed E-state index contributed by atoms with van der Waals surface area (Å²) in [5.41, 5.74) is 1.02. The van der Waals surface area contributed by atoms with E-state index in [1.807, 2.05) is 25.2 Å². The monoisotopic (exact) mass is 228 g/mol. The molecule has 2 atom stereocenters. The Morgan fingerprint density at radius 2 is 2.50 bits per heavy atom. The van der Waals surface area contributed by atoms with Gasteiger partial charge in [-0.1, -0.05) is 39.7 Å². The Kier molecular flexibility index (Phi) is 3.29. The van der Waals surface area contributed by atoms with E-state index >= 15 is 0 Å². The van der Waals surface area contributed by atoms with Gasteiger partial charge in [-0.2, -0.15) is 0 Å². The van der Waals surface area contributed by atoms with Crippen LogP contribution in [-0.4, -0.2) is 11.2 Å². The lowest BCUT2D eigenvalue weighted by atomic mass is 9.99. The quantitative estimate of drug-likeness (QED) is 0.737. The van der Waals surface area contributed by atoms with E-state index in [-0.39, 0.29) is 12.0 Å². The molecule has 0 spiro atoms. The smallest absolute Gasteiger partial charge is 0.0685 e. The molecule has 66 valence electrons. The van der Waals surface area contributed by atoms with Crippen LogP contribution in [0.2, 0.25) is 0 Å². The van der Waals surface area contributed by atoms with Crippen LogP contribution in [0.25, 0.3) is 0 Å². The summed E-state index contributed by atoms with van der Waals surface area (Å²) in [5.74, 6) is 0.127. The van der Waals surface area contributed by atoms with Crippen LogP contribution in [0.4, 0.5) is 0 Å². The molecule has 0 aromatic rings. The van der Waals surface area contributed by atoms with Crippen molar-refractivity contribution in [3.05, 3.63) is 34.9 Å². The number of allylic oxidation sites excluding steroid dienone is 2. The first-order chi connectivity index (χ1) is 5.61. The van der Waals surface area contributed by atoms with Gasteiger partial charge in [0.1, 0.15) is 0 Å². The number of aliphatic hydroxyl groups is 1. The lowest BCUT2D eigenvalue weighted by Crippen LogP contribution is -2.17. The zero-order valence-corrected chi connectivity index (χ0v) is 8.71. The zero-order chi connectivity index (χ0) is 9.14. The highest BCUT2D eigenvalue weighted by Gasteiger charge is 2.21. The molecule has 2 unspecified atom stereocenters. The van der Waals surface area contributed by atoms with E-state index in [1.54, 1.807) is 0 Å². The second-order valence-electron chi connectivity index (χ2n) is 3.19. The second-order valence-corrected chi connectivity index (χ2v) is 4.11. The average molecular weight is 229 g/mol. The molecule has 1 aliphatic carbocycles. The third kappa shape index (κ3) is 2.32. The van der Waals surface area contributed by atoms with Gasteiger partial charge < -0.3 is 5.11 Å². The molecule has 1 aliphatic rings. The lowest BCUT2D eigenvalue weighted by Gasteiger charge is -2.16. The van der Waals surface area contributed by atoms with Crippen molar-refractivity contribution in [2.75, 3.05) is 0 Å². The summed E-state index contributed by atoms with van der Waals surface area (Å²) in [6, 6.07) is 0. The molecule has 0 amide bonds. The van der Waals surface area contributed by atoms with Crippen molar-refractivity contribution in [3.8, 4) is 0 Å². The molecular weight excluding hydrogens is 216 g/mol. The first-order valence-corrected chi connectivity index (χ1v) is 4.77. The molecule has 0 aliphatic heterocycles. The van der Waals surface area contributed by atoms with Gasteiger partial charge in [-0.25, -0.2) is 0 Å². The topological polar surface area (TPSA) is 20.2 Å². The summed E-state index contributed by atoms with van der Waals surface area (Å²) < 4.78 is 1.05. The highest BCUT2D eigenvalue weighted by molar-refractivity contribution is 9.11. The molecule has 0 aromatic carbocycles. The fourth-order valence-corrected chi connectivity index (χ4v) is 1.88. The lowest BCUT2D eigenvalue weighted by molar-refractivity contribution is 0.149. The van der Waals surface area contributed by atoms with Crippen LogP contribution in [0, 0.1) is 5.92 Å². The summed E-state index contributed by atoms with van der Waals surface area (Å²) in [4.78, 5) is 0. The van der Waals surface area contributed by atoms with E-state index in [1.165, 1.54) is 0 Å². The molecule has 1 N–H and O–H groups in total. The highest BCUT2D eigenvalue weighted by atomic mass is 79.9. The van der Waals surface area contributed by atoms with Crippen molar-refractivity contribution >= 4 is 15.9 Å². The summed E-state index contributed by atoms with van der Waals surface area (Å²) in [5, 5.41) is 9.71. The number of aliphatic hydroxyl groups excluding tert-OH is 1. The Labute approximate surface area is 81.6 Å². The van der Waals surface area contributed by atoms with E-state index in [2.05, 4.69) is 22.5 Å². The normalized spacial score (nSPS) is 23.9. The molecule has 0 bridgehead atoms. The fourth-order valence-electron chi connectivity index (χ4n) is 1.27. The van der Waals surface area contributed by atoms with Crippen molar-refractivity contribution in [1.29, 1.82) is 0 Å². The molecule has 2 heteroatoms. The largest absolute Gasteiger partial charge is 0.392 e. The van der Waals surface area contributed by atoms with Gasteiger partial charge in [-0.3, -0.25) is 0 Å². The Hall–Kier alpha value is -0.340. The predicted molar refractivity (Wildman–Crippen MR) is 55.1 cm³/mol. The summed E-state index contributed by atoms with van der Waals surface area (Å²) in [7, 11) is 0. The number of halogens is 1. The maximum Gasteiger partial charge on any atom is 0.0685 e. The van der Waals surface area contributed by atoms with Crippen LogP contribution in [0.3, 0.4) is 0 Å². The number of rotatable bonds is 3. The molecule has 0 aromatic heterocycles. The third-order valence-corrected chi connectivity index (χ3v) is 2.66. The van der Waals surface area contributed by atoms with Crippen LogP contribution in [-0.2, 0) is 0 Å². The molecule has 0 saturated carbocycles. The summed E-state index contributed by atoms with van der Waals surface area (Å²) >= 11 is 3.40. The van der Waals surface area contributed by atoms with Gasteiger partial charge in [0.2, 0.25) is 0 Å². The number of hydrogen-bond donors (Lipinski definition) is 1. The van der Waals surface area contributed by atoms with Gasteiger partial charge in [0, 0.05) is 10.4 Å². The van der Waals surface area contributed by atoms with E-state index in [0.717, 1.165) is 10.1 Å². The van der Waals surface area contributed by atoms with Crippen LogP contribution >= 0.6 is 15.9 Å². The molecule has 0 fully saturated rings. The molecular formula is C10H13BrO. The van der Waals surface area contributed by atoms with Gasteiger partial charge in [0.15, 0.2) is 0 Å². The van der Waals surface area contributed by atoms with E-state index in [4.69, 9.17) is 0 Å². The van der Waals surface area contributed by atoms with Crippen LogP contribution in [0.5, 0.6) is 0 Å². The first-order valence-electron chi connectivity index (χ1n) is 3.97. The van der Waals surface area contributed by atoms with Gasteiger partial charge >= 0.3 is 0 Å². The fraction of sp³-hybridized carbons (Fsp3) is 0.400. The highest BCUT2D eigenvalue weighted by Crippen LogP contribution is 2.29. The van der Waals surface area contributed by atoms with Gasteiger partial charge in [-0.05, 0) is 13.3 Å². The maximum absolute atomic E-state index is 9.71. The van der Waals surface area contributed by atoms with Gasteiger partial charge in [0.25, 0.3) is 0 Å². The molecule has 1 nitrogen and oxygen atoms in total. The third-order valence-electron chi connectivity index (χ3n) is 1.86. The van der Waals surface area contributed by atoms with Crippen LogP contribution in [0.1, 0.15) is 13.3 Å². The maximum atomic E-state index is 9.71. The standard InChI is InChI=1S/C10H13BrO/c1-7(2)6-10(12)8-4-3-5-9(8)11/h3-5,8,10,12H,1,6H2,2H3. The van der Waals surface area contributed by atoms with Crippen molar-refractivity contribution in [2.45, 2.75) is 19.4 Å². The average Bonchev–Trinajstić information content (AvgIpc) is 2.33. The molecule has 12 heavy (non-hydrogen) atoms. The Bertz CT molecular complexity index is 240. The summed E-state index contributed by atoms with van der Waals surface area (Å²) in [6.45, 7) is 5.70. The second kappa shape index (κ2) is 4.06. The van der Waals surface area contributed by atoms with E-state index < -0.39 is 0 Å². The molecule has 0 saturated heterocycles. The van der Waals surface area contributed by atoms with Gasteiger partial charge in [0.05, 0.1) is 6.10 Å². The minimum absolute atomic E-state index is 0.127. The Morgan fingerprint density at radius 3 is 2.92 bits per heavy atom. The molecule has 0 heterocycles. The minimum atomic E-state index is -0.341. The molecule has 0 radical (unpaired) electrons. The van der Waals surface area contributed by atoms with Crippen LogP contribution < -0.4 is 0 Å². The van der Waals surface area contributed by atoms with E-state index in [9.17, 15) is 5.11 Å². The van der Waals surface area contributed by atoms with Gasteiger partial charge in [-0.15, -0.1) is 6.58 Å². The molecule has 1 rings (SSSR count).